The van der Waals surface area contributed by atoms with Crippen molar-refractivity contribution in [3.05, 3.63) is 121 Å². The van der Waals surface area contributed by atoms with Crippen LogP contribution in [0.15, 0.2) is 116 Å². The topological polar surface area (TPSA) is 12.9 Å². The minimum Gasteiger partial charge on any atom is -0.265 e. The van der Waals surface area contributed by atoms with Crippen molar-refractivity contribution in [2.24, 2.45) is 0 Å². The second-order valence-corrected chi connectivity index (χ2v) is 9.81. The van der Waals surface area contributed by atoms with Gasteiger partial charge in [-0.25, -0.2) is 0 Å². The van der Waals surface area contributed by atoms with Gasteiger partial charge in [0.2, 0.25) is 0 Å². The normalized spacial score (nSPS) is 11.2. The van der Waals surface area contributed by atoms with E-state index in [0.717, 1.165) is 6.16 Å². The lowest BCUT2D eigenvalue weighted by Crippen LogP contribution is -2.32. The zero-order valence-corrected chi connectivity index (χ0v) is 15.5. The Hall–Kier alpha value is -2.76. The van der Waals surface area contributed by atoms with Gasteiger partial charge in [0.05, 0.1) is 6.16 Å². The van der Waals surface area contributed by atoms with Crippen LogP contribution < -0.4 is 15.9 Å². The molecule has 0 amide bonds. The van der Waals surface area contributed by atoms with E-state index in [1.807, 2.05) is 12.4 Å². The fraction of sp³-hybridized carbons (Fsp3) is 0.0417. The minimum atomic E-state index is -1.80. The Morgan fingerprint density at radius 3 is 1.27 bits per heavy atom. The lowest BCUT2D eigenvalue weighted by molar-refractivity contribution is 1.26. The van der Waals surface area contributed by atoms with Crippen LogP contribution in [0.25, 0.3) is 0 Å². The molecular weight excluding hydrogens is 333 g/mol. The van der Waals surface area contributed by atoms with Crippen molar-refractivity contribution in [2.45, 2.75) is 6.16 Å². The van der Waals surface area contributed by atoms with Crippen molar-refractivity contribution in [3.63, 3.8) is 0 Å². The first-order valence-corrected chi connectivity index (χ1v) is 10.8. The van der Waals surface area contributed by atoms with Gasteiger partial charge in [-0.15, -0.1) is 0 Å². The highest BCUT2D eigenvalue weighted by atomic mass is 31.2. The quantitative estimate of drug-likeness (QED) is 0.478. The van der Waals surface area contributed by atoms with Gasteiger partial charge in [0, 0.05) is 12.4 Å². The molecule has 0 spiro atoms. The van der Waals surface area contributed by atoms with E-state index in [1.165, 1.54) is 21.5 Å². The molecule has 1 aromatic heterocycles. The Labute approximate surface area is 155 Å². The van der Waals surface area contributed by atoms with E-state index in [2.05, 4.69) is 108 Å². The van der Waals surface area contributed by atoms with Crippen molar-refractivity contribution < 1.29 is 0 Å². The summed E-state index contributed by atoms with van der Waals surface area (Å²) in [5.41, 5.74) is 1.32. The van der Waals surface area contributed by atoms with Crippen LogP contribution in [0.4, 0.5) is 0 Å². The molecule has 0 aliphatic heterocycles. The molecule has 0 radical (unpaired) electrons. The van der Waals surface area contributed by atoms with Crippen LogP contribution in [-0.2, 0) is 6.16 Å². The standard InChI is InChI=1S/C24H21NP/c1-4-10-22(11-5-1)26(23-12-6-2-7-13-23,24-14-8-3-9-15-24)20-21-16-18-25-19-17-21/h1-19H,20H2/q+1. The Balaban J connectivity index is 2.00. The molecule has 126 valence electrons. The zero-order chi connectivity index (χ0) is 17.7. The third-order valence-corrected chi connectivity index (χ3v) is 9.14. The molecule has 0 saturated carbocycles. The lowest BCUT2D eigenvalue weighted by atomic mass is 10.3. The lowest BCUT2D eigenvalue weighted by Gasteiger charge is -2.27. The van der Waals surface area contributed by atoms with Crippen LogP contribution >= 0.6 is 7.26 Å². The molecule has 4 rings (SSSR count). The van der Waals surface area contributed by atoms with Crippen molar-refractivity contribution in [1.82, 2.24) is 4.98 Å². The summed E-state index contributed by atoms with van der Waals surface area (Å²) >= 11 is 0. The Morgan fingerprint density at radius 2 is 0.885 bits per heavy atom. The highest BCUT2D eigenvalue weighted by Crippen LogP contribution is 2.57. The fourth-order valence-corrected chi connectivity index (χ4v) is 7.77. The van der Waals surface area contributed by atoms with Gasteiger partial charge >= 0.3 is 0 Å². The molecule has 4 aromatic rings. The largest absolute Gasteiger partial charge is 0.265 e. The summed E-state index contributed by atoms with van der Waals surface area (Å²) in [4.78, 5) is 4.21. The summed E-state index contributed by atoms with van der Waals surface area (Å²) in [7, 11) is -1.80. The highest BCUT2D eigenvalue weighted by molar-refractivity contribution is 7.95. The van der Waals surface area contributed by atoms with Gasteiger partial charge < -0.3 is 0 Å². The van der Waals surface area contributed by atoms with Gasteiger partial charge in [-0.3, -0.25) is 4.98 Å². The molecule has 0 N–H and O–H groups in total. The molecule has 0 bridgehead atoms. The van der Waals surface area contributed by atoms with Gasteiger partial charge in [-0.05, 0) is 54.1 Å². The number of benzene rings is 3. The molecular formula is C24H21NP+. The maximum Gasteiger partial charge on any atom is 0.116 e. The molecule has 2 heteroatoms. The monoisotopic (exact) mass is 354 g/mol. The highest BCUT2D eigenvalue weighted by Gasteiger charge is 2.45. The van der Waals surface area contributed by atoms with Crippen LogP contribution in [0.1, 0.15) is 5.56 Å². The van der Waals surface area contributed by atoms with Crippen molar-refractivity contribution in [1.29, 1.82) is 0 Å². The van der Waals surface area contributed by atoms with Crippen LogP contribution in [0.2, 0.25) is 0 Å². The fourth-order valence-electron chi connectivity index (χ4n) is 3.53. The SMILES string of the molecule is c1ccc([P+](Cc2ccncc2)(c2ccccc2)c2ccccc2)cc1. The van der Waals surface area contributed by atoms with Gasteiger partial charge in [0.15, 0.2) is 0 Å². The molecule has 0 unspecified atom stereocenters. The van der Waals surface area contributed by atoms with Crippen LogP contribution in [0.5, 0.6) is 0 Å². The maximum absolute atomic E-state index is 4.21. The van der Waals surface area contributed by atoms with E-state index in [-0.39, 0.29) is 0 Å². The number of rotatable bonds is 5. The van der Waals surface area contributed by atoms with E-state index in [1.54, 1.807) is 0 Å². The number of nitrogens with zero attached hydrogens (tertiary/aromatic N) is 1. The molecule has 1 heterocycles. The van der Waals surface area contributed by atoms with E-state index < -0.39 is 7.26 Å². The smallest absolute Gasteiger partial charge is 0.116 e. The summed E-state index contributed by atoms with van der Waals surface area (Å²) in [6.45, 7) is 0. The molecule has 3 aromatic carbocycles. The summed E-state index contributed by atoms with van der Waals surface area (Å²) in [5.74, 6) is 0. The van der Waals surface area contributed by atoms with Gasteiger partial charge in [0.25, 0.3) is 0 Å². The molecule has 26 heavy (non-hydrogen) atoms. The number of hydrogen-bond acceptors (Lipinski definition) is 1. The van der Waals surface area contributed by atoms with E-state index in [0.29, 0.717) is 0 Å². The first-order chi connectivity index (χ1) is 12.9. The molecule has 0 aliphatic rings. The number of hydrogen-bond donors (Lipinski definition) is 0. The van der Waals surface area contributed by atoms with E-state index in [9.17, 15) is 0 Å². The molecule has 0 fully saturated rings. The number of pyridine rings is 1. The van der Waals surface area contributed by atoms with Gasteiger partial charge in [-0.2, -0.15) is 0 Å². The molecule has 0 atom stereocenters. The number of aromatic nitrogens is 1. The van der Waals surface area contributed by atoms with Crippen LogP contribution in [0, 0.1) is 0 Å². The van der Waals surface area contributed by atoms with Gasteiger partial charge in [0.1, 0.15) is 23.2 Å². The zero-order valence-electron chi connectivity index (χ0n) is 14.6. The summed E-state index contributed by atoms with van der Waals surface area (Å²) in [6, 6.07) is 37.2. The predicted molar refractivity (Wildman–Crippen MR) is 113 cm³/mol. The summed E-state index contributed by atoms with van der Waals surface area (Å²) in [6.07, 6.45) is 4.78. The summed E-state index contributed by atoms with van der Waals surface area (Å²) < 4.78 is 0. The predicted octanol–water partition coefficient (Wildman–Crippen LogP) is 4.58. The minimum absolute atomic E-state index is 0.994. The van der Waals surface area contributed by atoms with Gasteiger partial charge in [-0.1, -0.05) is 54.6 Å². The molecule has 1 nitrogen and oxygen atoms in total. The average Bonchev–Trinajstić information content (AvgIpc) is 2.75. The maximum atomic E-state index is 4.21. The van der Waals surface area contributed by atoms with E-state index in [4.69, 9.17) is 0 Å². The Kier molecular flexibility index (Phi) is 4.91. The third kappa shape index (κ3) is 3.19. The first kappa shape index (κ1) is 16.7. The summed E-state index contributed by atoms with van der Waals surface area (Å²) in [5, 5.41) is 4.23. The van der Waals surface area contributed by atoms with Crippen LogP contribution in [0.3, 0.4) is 0 Å². The second kappa shape index (κ2) is 7.64. The van der Waals surface area contributed by atoms with Crippen molar-refractivity contribution in [3.8, 4) is 0 Å². The Morgan fingerprint density at radius 1 is 0.500 bits per heavy atom. The van der Waals surface area contributed by atoms with E-state index >= 15 is 0 Å². The van der Waals surface area contributed by atoms with Crippen molar-refractivity contribution >= 4 is 23.2 Å². The average molecular weight is 354 g/mol. The van der Waals surface area contributed by atoms with Crippen molar-refractivity contribution in [2.75, 3.05) is 0 Å². The first-order valence-electron chi connectivity index (χ1n) is 8.83. The Bertz CT molecular complexity index is 842. The third-order valence-electron chi connectivity index (χ3n) is 4.76. The molecule has 0 aliphatic carbocycles. The second-order valence-electron chi connectivity index (χ2n) is 6.33. The molecule has 0 saturated heterocycles. The van der Waals surface area contributed by atoms with Crippen LogP contribution in [-0.4, -0.2) is 4.98 Å².